The number of nitrogens with zero attached hydrogens (tertiary/aromatic N) is 1. The molecular formula is C18H22N2O4S. The van der Waals surface area contributed by atoms with Gasteiger partial charge >= 0.3 is 0 Å². The number of sulfone groups is 1. The van der Waals surface area contributed by atoms with Gasteiger partial charge in [0.25, 0.3) is 5.91 Å². The average molecular weight is 362 g/mol. The number of rotatable bonds is 5. The highest BCUT2D eigenvalue weighted by molar-refractivity contribution is 7.89. The normalized spacial score (nSPS) is 20.8. The summed E-state index contributed by atoms with van der Waals surface area (Å²) >= 11 is 0. The van der Waals surface area contributed by atoms with Gasteiger partial charge in [0.15, 0.2) is 15.6 Å². The minimum atomic E-state index is -3.20. The lowest BCUT2D eigenvalue weighted by molar-refractivity contribution is 0.0753. The van der Waals surface area contributed by atoms with Gasteiger partial charge in [0.2, 0.25) is 0 Å². The minimum absolute atomic E-state index is 0.170. The van der Waals surface area contributed by atoms with E-state index < -0.39 is 9.84 Å². The summed E-state index contributed by atoms with van der Waals surface area (Å²) in [4.78, 5) is 14.4. The SMILES string of the molecule is CS(=O)(=O)Cc1ccc(C(=O)N2C[C@@H](CN)[C@H](c3ccccc3)C2)o1. The molecule has 0 spiro atoms. The zero-order valence-electron chi connectivity index (χ0n) is 14.1. The van der Waals surface area contributed by atoms with Crippen molar-refractivity contribution in [2.75, 3.05) is 25.9 Å². The van der Waals surface area contributed by atoms with E-state index >= 15 is 0 Å². The number of benzene rings is 1. The van der Waals surface area contributed by atoms with Gasteiger partial charge in [-0.25, -0.2) is 8.42 Å². The third kappa shape index (κ3) is 4.11. The summed E-state index contributed by atoms with van der Waals surface area (Å²) in [5.41, 5.74) is 7.08. The van der Waals surface area contributed by atoms with E-state index in [9.17, 15) is 13.2 Å². The van der Waals surface area contributed by atoms with Gasteiger partial charge in [-0.15, -0.1) is 0 Å². The Morgan fingerprint density at radius 3 is 2.56 bits per heavy atom. The molecule has 0 radical (unpaired) electrons. The number of hydrogen-bond donors (Lipinski definition) is 1. The molecule has 2 N–H and O–H groups in total. The van der Waals surface area contributed by atoms with Crippen LogP contribution in [0.3, 0.4) is 0 Å². The summed E-state index contributed by atoms with van der Waals surface area (Å²) in [7, 11) is -3.20. The van der Waals surface area contributed by atoms with E-state index in [1.807, 2.05) is 18.2 Å². The molecule has 6 nitrogen and oxygen atoms in total. The number of carbonyl (C=O) groups excluding carboxylic acids is 1. The highest BCUT2D eigenvalue weighted by atomic mass is 32.2. The first-order chi connectivity index (χ1) is 11.9. The zero-order valence-corrected chi connectivity index (χ0v) is 14.9. The molecule has 2 atom stereocenters. The van der Waals surface area contributed by atoms with Gasteiger partial charge in [0.05, 0.1) is 0 Å². The molecule has 0 bridgehead atoms. The van der Waals surface area contributed by atoms with E-state index in [4.69, 9.17) is 10.2 Å². The van der Waals surface area contributed by atoms with Crippen LogP contribution in [0, 0.1) is 5.92 Å². The largest absolute Gasteiger partial charge is 0.455 e. The van der Waals surface area contributed by atoms with Crippen molar-refractivity contribution in [1.29, 1.82) is 0 Å². The second kappa shape index (κ2) is 7.01. The van der Waals surface area contributed by atoms with Crippen molar-refractivity contribution < 1.29 is 17.6 Å². The van der Waals surface area contributed by atoms with Crippen LogP contribution in [0.1, 0.15) is 27.8 Å². The zero-order chi connectivity index (χ0) is 18.0. The minimum Gasteiger partial charge on any atom is -0.455 e. The summed E-state index contributed by atoms with van der Waals surface area (Å²) in [5.74, 6) is 0.399. The van der Waals surface area contributed by atoms with Crippen molar-refractivity contribution in [3.05, 3.63) is 59.5 Å². The number of carbonyl (C=O) groups is 1. The molecule has 1 aromatic carbocycles. The van der Waals surface area contributed by atoms with Gasteiger partial charge in [0.1, 0.15) is 11.5 Å². The van der Waals surface area contributed by atoms with Crippen molar-refractivity contribution in [2.24, 2.45) is 11.7 Å². The van der Waals surface area contributed by atoms with E-state index in [1.165, 1.54) is 11.6 Å². The van der Waals surface area contributed by atoms with Crippen LogP contribution in [-0.4, -0.2) is 45.1 Å². The second-order valence-electron chi connectivity index (χ2n) is 6.56. The standard InChI is InChI=1S/C18H22N2O4S/c1-25(22,23)12-15-7-8-17(24-15)18(21)20-10-14(9-19)16(11-20)13-5-3-2-4-6-13/h2-8,14,16H,9-12,19H2,1H3/t14-,16+/m1/s1. The van der Waals surface area contributed by atoms with Crippen LogP contribution < -0.4 is 5.73 Å². The Morgan fingerprint density at radius 1 is 1.20 bits per heavy atom. The highest BCUT2D eigenvalue weighted by Crippen LogP contribution is 2.33. The van der Waals surface area contributed by atoms with Crippen LogP contribution in [-0.2, 0) is 15.6 Å². The van der Waals surface area contributed by atoms with Gasteiger partial charge in [-0.1, -0.05) is 30.3 Å². The van der Waals surface area contributed by atoms with Crippen LogP contribution in [0.15, 0.2) is 46.9 Å². The smallest absolute Gasteiger partial charge is 0.289 e. The lowest BCUT2D eigenvalue weighted by atomic mass is 9.89. The van der Waals surface area contributed by atoms with Gasteiger partial charge in [-0.2, -0.15) is 0 Å². The molecule has 1 aliphatic rings. The first kappa shape index (κ1) is 17.7. The van der Waals surface area contributed by atoms with Gasteiger partial charge in [0, 0.05) is 25.3 Å². The molecule has 1 aromatic heterocycles. The lowest BCUT2D eigenvalue weighted by Gasteiger charge is -2.16. The quantitative estimate of drug-likeness (QED) is 0.873. The molecule has 1 fully saturated rings. The molecule has 1 aliphatic heterocycles. The number of hydrogen-bond acceptors (Lipinski definition) is 5. The monoisotopic (exact) mass is 362 g/mol. The Bertz CT molecular complexity index is 845. The van der Waals surface area contributed by atoms with Crippen LogP contribution >= 0.6 is 0 Å². The van der Waals surface area contributed by atoms with Gasteiger partial charge in [-0.3, -0.25) is 4.79 Å². The molecule has 0 aliphatic carbocycles. The molecule has 7 heteroatoms. The van der Waals surface area contributed by atoms with E-state index in [1.54, 1.807) is 11.0 Å². The number of amides is 1. The third-order valence-corrected chi connectivity index (χ3v) is 5.34. The molecule has 3 rings (SSSR count). The maximum atomic E-state index is 12.7. The molecular weight excluding hydrogens is 340 g/mol. The maximum absolute atomic E-state index is 12.7. The molecule has 2 aromatic rings. The van der Waals surface area contributed by atoms with Crippen molar-refractivity contribution >= 4 is 15.7 Å². The molecule has 1 saturated heterocycles. The molecule has 25 heavy (non-hydrogen) atoms. The predicted molar refractivity (Wildman–Crippen MR) is 94.9 cm³/mol. The van der Waals surface area contributed by atoms with Gasteiger partial charge in [-0.05, 0) is 30.2 Å². The van der Waals surface area contributed by atoms with E-state index in [0.717, 1.165) is 6.26 Å². The number of furan rings is 1. The highest BCUT2D eigenvalue weighted by Gasteiger charge is 2.36. The van der Waals surface area contributed by atoms with Gasteiger partial charge < -0.3 is 15.1 Å². The van der Waals surface area contributed by atoms with Crippen molar-refractivity contribution in [2.45, 2.75) is 11.7 Å². The van der Waals surface area contributed by atoms with Crippen LogP contribution in [0.25, 0.3) is 0 Å². The van der Waals surface area contributed by atoms with Crippen LogP contribution in [0.4, 0.5) is 0 Å². The molecule has 0 saturated carbocycles. The van der Waals surface area contributed by atoms with Crippen molar-refractivity contribution in [1.82, 2.24) is 4.90 Å². The second-order valence-corrected chi connectivity index (χ2v) is 8.70. The number of nitrogens with two attached hydrogens (primary N) is 1. The molecule has 2 heterocycles. The third-order valence-electron chi connectivity index (χ3n) is 4.54. The Balaban J connectivity index is 1.75. The maximum Gasteiger partial charge on any atom is 0.289 e. The first-order valence-corrected chi connectivity index (χ1v) is 10.2. The summed E-state index contributed by atoms with van der Waals surface area (Å²) in [6, 6.07) is 13.1. The summed E-state index contributed by atoms with van der Waals surface area (Å²) in [5, 5.41) is 0. The Kier molecular flexibility index (Phi) is 4.96. The summed E-state index contributed by atoms with van der Waals surface area (Å²) in [6.07, 6.45) is 1.13. The summed E-state index contributed by atoms with van der Waals surface area (Å²) < 4.78 is 28.1. The fraction of sp³-hybridized carbons (Fsp3) is 0.389. The average Bonchev–Trinajstić information content (AvgIpc) is 3.20. The molecule has 134 valence electrons. The fourth-order valence-corrected chi connectivity index (χ4v) is 4.01. The molecule has 0 unspecified atom stereocenters. The fourth-order valence-electron chi connectivity index (χ4n) is 3.34. The van der Waals surface area contributed by atoms with E-state index in [0.29, 0.717) is 19.6 Å². The van der Waals surface area contributed by atoms with E-state index in [2.05, 4.69) is 12.1 Å². The Labute approximate surface area is 147 Å². The Hall–Kier alpha value is -2.12. The lowest BCUT2D eigenvalue weighted by Crippen LogP contribution is -2.29. The van der Waals surface area contributed by atoms with Crippen molar-refractivity contribution in [3.8, 4) is 0 Å². The Morgan fingerprint density at radius 2 is 1.92 bits per heavy atom. The predicted octanol–water partition coefficient (Wildman–Crippen LogP) is 1.64. The van der Waals surface area contributed by atoms with Crippen LogP contribution in [0.5, 0.6) is 0 Å². The topological polar surface area (TPSA) is 93.6 Å². The van der Waals surface area contributed by atoms with Crippen LogP contribution in [0.2, 0.25) is 0 Å². The van der Waals surface area contributed by atoms with E-state index in [-0.39, 0.29) is 35.0 Å². The van der Waals surface area contributed by atoms with Crippen molar-refractivity contribution in [3.63, 3.8) is 0 Å². The first-order valence-electron chi connectivity index (χ1n) is 8.18. The number of likely N-dealkylation sites (tertiary alicyclic amines) is 1. The molecule has 1 amide bonds. The summed E-state index contributed by atoms with van der Waals surface area (Å²) in [6.45, 7) is 1.64.